The lowest BCUT2D eigenvalue weighted by molar-refractivity contribution is 0.101. The minimum atomic E-state index is -0.0116. The van der Waals surface area contributed by atoms with Crippen LogP contribution >= 0.6 is 11.3 Å². The number of hydrogen-bond donors (Lipinski definition) is 0. The van der Waals surface area contributed by atoms with Crippen molar-refractivity contribution in [2.45, 2.75) is 20.3 Å². The number of aryl methyl sites for hydroxylation is 2. The molecule has 3 aromatic rings. The van der Waals surface area contributed by atoms with E-state index in [9.17, 15) is 4.79 Å². The van der Waals surface area contributed by atoms with Crippen molar-refractivity contribution in [2.75, 3.05) is 0 Å². The zero-order valence-corrected chi connectivity index (χ0v) is 11.7. The van der Waals surface area contributed by atoms with Crippen LogP contribution in [0.2, 0.25) is 0 Å². The first-order chi connectivity index (χ1) is 9.20. The number of para-hydroxylation sites is 1. The molecule has 0 saturated heterocycles. The Balaban J connectivity index is 2.09. The van der Waals surface area contributed by atoms with E-state index in [0.717, 1.165) is 33.4 Å². The highest BCUT2D eigenvalue weighted by Crippen LogP contribution is 2.27. The number of rotatable bonds is 3. The molecule has 2 nitrogen and oxygen atoms in total. The quantitative estimate of drug-likeness (QED) is 0.651. The lowest BCUT2D eigenvalue weighted by Crippen LogP contribution is -1.99. The third-order valence-electron chi connectivity index (χ3n) is 3.30. The summed E-state index contributed by atoms with van der Waals surface area (Å²) in [6, 6.07) is 9.78. The summed E-state index contributed by atoms with van der Waals surface area (Å²) in [5, 5.41) is 2.94. The largest absolute Gasteiger partial charge is 0.452 e. The molecule has 0 aliphatic carbocycles. The second-order valence-corrected chi connectivity index (χ2v) is 5.48. The van der Waals surface area contributed by atoms with Crippen molar-refractivity contribution in [1.82, 2.24) is 0 Å². The van der Waals surface area contributed by atoms with E-state index in [4.69, 9.17) is 4.42 Å². The van der Waals surface area contributed by atoms with Crippen molar-refractivity contribution in [1.29, 1.82) is 0 Å². The standard InChI is InChI=1S/C16H14O2S/c1-3-11-7-8-19-16(11)14(17)13-9-12-6-4-5-10(2)15(12)18-13/h4-9H,3H2,1-2H3. The van der Waals surface area contributed by atoms with Gasteiger partial charge in [0.1, 0.15) is 5.58 Å². The molecular formula is C16H14O2S. The second-order valence-electron chi connectivity index (χ2n) is 4.56. The Hall–Kier alpha value is -1.87. The monoisotopic (exact) mass is 270 g/mol. The molecule has 0 spiro atoms. The average molecular weight is 270 g/mol. The van der Waals surface area contributed by atoms with Crippen LogP contribution in [-0.4, -0.2) is 5.78 Å². The summed E-state index contributed by atoms with van der Waals surface area (Å²) >= 11 is 1.48. The zero-order chi connectivity index (χ0) is 13.4. The molecular weight excluding hydrogens is 256 g/mol. The Morgan fingerprint density at radius 3 is 2.89 bits per heavy atom. The van der Waals surface area contributed by atoms with Gasteiger partial charge in [-0.2, -0.15) is 0 Å². The van der Waals surface area contributed by atoms with Crippen molar-refractivity contribution in [2.24, 2.45) is 0 Å². The molecule has 0 atom stereocenters. The lowest BCUT2D eigenvalue weighted by Gasteiger charge is -1.97. The predicted molar refractivity (Wildman–Crippen MR) is 78.1 cm³/mol. The maximum absolute atomic E-state index is 12.5. The van der Waals surface area contributed by atoms with Crippen LogP contribution in [0, 0.1) is 6.92 Å². The predicted octanol–water partition coefficient (Wildman–Crippen LogP) is 4.60. The first kappa shape index (κ1) is 12.2. The van der Waals surface area contributed by atoms with Crippen LogP contribution in [0.1, 0.15) is 33.5 Å². The maximum Gasteiger partial charge on any atom is 0.238 e. The van der Waals surface area contributed by atoms with E-state index < -0.39 is 0 Å². The number of hydrogen-bond acceptors (Lipinski definition) is 3. The van der Waals surface area contributed by atoms with E-state index in [1.165, 1.54) is 11.3 Å². The van der Waals surface area contributed by atoms with Gasteiger partial charge in [0.25, 0.3) is 0 Å². The Labute approximate surface area is 115 Å². The van der Waals surface area contributed by atoms with Gasteiger partial charge in [-0.05, 0) is 42.0 Å². The van der Waals surface area contributed by atoms with Gasteiger partial charge in [0.05, 0.1) is 4.88 Å². The average Bonchev–Trinajstić information content (AvgIpc) is 3.04. The van der Waals surface area contributed by atoms with Crippen LogP contribution < -0.4 is 0 Å². The SMILES string of the molecule is CCc1ccsc1C(=O)c1cc2cccc(C)c2o1. The van der Waals surface area contributed by atoms with Crippen LogP contribution in [0.5, 0.6) is 0 Å². The topological polar surface area (TPSA) is 30.2 Å². The molecule has 0 unspecified atom stereocenters. The number of ketones is 1. The number of carbonyl (C=O) groups is 1. The fraction of sp³-hybridized carbons (Fsp3) is 0.188. The molecule has 19 heavy (non-hydrogen) atoms. The molecule has 96 valence electrons. The second kappa shape index (κ2) is 4.67. The van der Waals surface area contributed by atoms with Crippen molar-refractivity contribution < 1.29 is 9.21 Å². The summed E-state index contributed by atoms with van der Waals surface area (Å²) in [4.78, 5) is 13.3. The summed E-state index contributed by atoms with van der Waals surface area (Å²) in [6.07, 6.45) is 0.865. The minimum Gasteiger partial charge on any atom is -0.452 e. The van der Waals surface area contributed by atoms with Gasteiger partial charge in [-0.1, -0.05) is 25.1 Å². The fourth-order valence-corrected chi connectivity index (χ4v) is 3.19. The molecule has 0 radical (unpaired) electrons. The van der Waals surface area contributed by atoms with E-state index in [1.807, 2.05) is 42.6 Å². The fourth-order valence-electron chi connectivity index (χ4n) is 2.25. The van der Waals surface area contributed by atoms with E-state index in [-0.39, 0.29) is 5.78 Å². The highest BCUT2D eigenvalue weighted by Gasteiger charge is 2.18. The molecule has 0 saturated carbocycles. The van der Waals surface area contributed by atoms with Crippen molar-refractivity contribution in [3.05, 3.63) is 57.5 Å². The first-order valence-electron chi connectivity index (χ1n) is 6.31. The number of benzene rings is 1. The van der Waals surface area contributed by atoms with Crippen molar-refractivity contribution in [3.63, 3.8) is 0 Å². The minimum absolute atomic E-state index is 0.0116. The zero-order valence-electron chi connectivity index (χ0n) is 10.9. The summed E-state index contributed by atoms with van der Waals surface area (Å²) in [7, 11) is 0. The third-order valence-corrected chi connectivity index (χ3v) is 4.25. The molecule has 0 aliphatic heterocycles. The van der Waals surface area contributed by atoms with Gasteiger partial charge in [-0.15, -0.1) is 11.3 Å². The van der Waals surface area contributed by atoms with Crippen LogP contribution in [0.25, 0.3) is 11.0 Å². The molecule has 3 heteroatoms. The number of thiophene rings is 1. The molecule has 0 aliphatic rings. The molecule has 1 aromatic carbocycles. The van der Waals surface area contributed by atoms with Gasteiger partial charge in [0.2, 0.25) is 5.78 Å². The van der Waals surface area contributed by atoms with Gasteiger partial charge in [0.15, 0.2) is 5.76 Å². The molecule has 0 N–H and O–H groups in total. The summed E-state index contributed by atoms with van der Waals surface area (Å²) in [6.45, 7) is 4.05. The van der Waals surface area contributed by atoms with E-state index in [2.05, 4.69) is 6.92 Å². The lowest BCUT2D eigenvalue weighted by atomic mass is 10.1. The van der Waals surface area contributed by atoms with Gasteiger partial charge in [-0.3, -0.25) is 4.79 Å². The summed E-state index contributed by atoms with van der Waals surface area (Å²) in [5.41, 5.74) is 2.95. The van der Waals surface area contributed by atoms with Crippen LogP contribution in [-0.2, 0) is 6.42 Å². The summed E-state index contributed by atoms with van der Waals surface area (Å²) < 4.78 is 5.74. The molecule has 0 fully saturated rings. The molecule has 2 heterocycles. The van der Waals surface area contributed by atoms with E-state index in [1.54, 1.807) is 0 Å². The Kier molecular flexibility index (Phi) is 2.99. The smallest absolute Gasteiger partial charge is 0.238 e. The van der Waals surface area contributed by atoms with Gasteiger partial charge >= 0.3 is 0 Å². The van der Waals surface area contributed by atoms with Crippen LogP contribution in [0.4, 0.5) is 0 Å². The van der Waals surface area contributed by atoms with Crippen LogP contribution in [0.3, 0.4) is 0 Å². The summed E-state index contributed by atoms with van der Waals surface area (Å²) in [5.74, 6) is 0.420. The number of fused-ring (bicyclic) bond motifs is 1. The third kappa shape index (κ3) is 2.00. The Bertz CT molecular complexity index is 749. The van der Waals surface area contributed by atoms with E-state index >= 15 is 0 Å². The van der Waals surface area contributed by atoms with E-state index in [0.29, 0.717) is 5.76 Å². The molecule has 2 aromatic heterocycles. The molecule has 3 rings (SSSR count). The van der Waals surface area contributed by atoms with Gasteiger partial charge in [0, 0.05) is 5.39 Å². The Morgan fingerprint density at radius 2 is 2.16 bits per heavy atom. The number of furan rings is 1. The highest BCUT2D eigenvalue weighted by molar-refractivity contribution is 7.12. The van der Waals surface area contributed by atoms with Crippen molar-refractivity contribution >= 4 is 28.1 Å². The Morgan fingerprint density at radius 1 is 1.32 bits per heavy atom. The molecule has 0 amide bonds. The number of carbonyl (C=O) groups excluding carboxylic acids is 1. The first-order valence-corrected chi connectivity index (χ1v) is 7.19. The van der Waals surface area contributed by atoms with Gasteiger partial charge in [-0.25, -0.2) is 0 Å². The molecule has 0 bridgehead atoms. The van der Waals surface area contributed by atoms with Crippen LogP contribution in [0.15, 0.2) is 40.1 Å². The van der Waals surface area contributed by atoms with Crippen molar-refractivity contribution in [3.8, 4) is 0 Å². The van der Waals surface area contributed by atoms with Gasteiger partial charge < -0.3 is 4.42 Å². The normalized spacial score (nSPS) is 11.1. The highest BCUT2D eigenvalue weighted by atomic mass is 32.1. The maximum atomic E-state index is 12.5.